The number of unbranched alkanes of at least 4 members (excludes halogenated alkanes) is 6. The van der Waals surface area contributed by atoms with Crippen LogP contribution in [0.2, 0.25) is 0 Å². The van der Waals surface area contributed by atoms with E-state index in [4.69, 9.17) is 9.47 Å². The van der Waals surface area contributed by atoms with Gasteiger partial charge < -0.3 is 20.1 Å². The fourth-order valence-electron chi connectivity index (χ4n) is 6.54. The molecule has 2 aliphatic rings. The Morgan fingerprint density at radius 2 is 0.800 bits per heavy atom. The number of hydrogen-bond donors (Lipinski definition) is 2. The number of nitrogens with one attached hydrogen (secondary N) is 2. The quantitative estimate of drug-likeness (QED) is 0.248. The van der Waals surface area contributed by atoms with Crippen molar-refractivity contribution < 1.29 is 19.1 Å². The van der Waals surface area contributed by atoms with Crippen LogP contribution in [0.3, 0.4) is 0 Å². The van der Waals surface area contributed by atoms with E-state index in [9.17, 15) is 9.59 Å². The van der Waals surface area contributed by atoms with Crippen molar-refractivity contribution in [2.75, 3.05) is 0 Å². The molecular formula is C29H54N2O4. The highest BCUT2D eigenvalue weighted by atomic mass is 16.5. The minimum absolute atomic E-state index is 0.00759. The molecule has 2 aliphatic heterocycles. The van der Waals surface area contributed by atoms with E-state index in [0.29, 0.717) is 12.8 Å². The van der Waals surface area contributed by atoms with E-state index in [1.54, 1.807) is 0 Å². The monoisotopic (exact) mass is 494 g/mol. The van der Waals surface area contributed by atoms with Crippen LogP contribution in [0.1, 0.15) is 139 Å². The lowest BCUT2D eigenvalue weighted by Gasteiger charge is -2.45. The van der Waals surface area contributed by atoms with Gasteiger partial charge in [0.1, 0.15) is 12.2 Å². The summed E-state index contributed by atoms with van der Waals surface area (Å²) in [6, 6.07) is 0. The van der Waals surface area contributed by atoms with Gasteiger partial charge in [0, 0.05) is 60.7 Å². The highest BCUT2D eigenvalue weighted by Crippen LogP contribution is 2.31. The molecule has 0 amide bonds. The molecule has 204 valence electrons. The minimum Gasteiger partial charge on any atom is -0.462 e. The van der Waals surface area contributed by atoms with Crippen LogP contribution in [0.5, 0.6) is 0 Å². The van der Waals surface area contributed by atoms with Crippen LogP contribution < -0.4 is 10.6 Å². The molecule has 2 saturated heterocycles. The molecule has 2 rings (SSSR count). The summed E-state index contributed by atoms with van der Waals surface area (Å²) in [5.41, 5.74) is -0.0372. The van der Waals surface area contributed by atoms with Crippen LogP contribution in [0.4, 0.5) is 0 Å². The van der Waals surface area contributed by atoms with Crippen molar-refractivity contribution in [3.8, 4) is 0 Å². The summed E-state index contributed by atoms with van der Waals surface area (Å²) in [7, 11) is 0. The first-order chi connectivity index (χ1) is 16.1. The number of hydrogen-bond acceptors (Lipinski definition) is 6. The average Bonchev–Trinajstić information content (AvgIpc) is 2.61. The van der Waals surface area contributed by atoms with Gasteiger partial charge in [-0.15, -0.1) is 0 Å². The smallest absolute Gasteiger partial charge is 0.306 e. The summed E-state index contributed by atoms with van der Waals surface area (Å²) in [6.45, 7) is 17.4. The van der Waals surface area contributed by atoms with Crippen molar-refractivity contribution >= 4 is 11.9 Å². The van der Waals surface area contributed by atoms with E-state index in [1.165, 1.54) is 0 Å². The Hall–Kier alpha value is -1.14. The second-order valence-corrected chi connectivity index (χ2v) is 13.8. The molecular weight excluding hydrogens is 440 g/mol. The predicted octanol–water partition coefficient (Wildman–Crippen LogP) is 6.20. The highest BCUT2D eigenvalue weighted by Gasteiger charge is 2.40. The summed E-state index contributed by atoms with van der Waals surface area (Å²) in [4.78, 5) is 24.6. The summed E-state index contributed by atoms with van der Waals surface area (Å²) in [5.74, 6) is -0.106. The number of ether oxygens (including phenoxy) is 2. The second-order valence-electron chi connectivity index (χ2n) is 13.8. The first-order valence-electron chi connectivity index (χ1n) is 14.0. The largest absolute Gasteiger partial charge is 0.462 e. The van der Waals surface area contributed by atoms with Crippen molar-refractivity contribution in [1.82, 2.24) is 10.6 Å². The van der Waals surface area contributed by atoms with E-state index in [-0.39, 0.29) is 46.3 Å². The molecule has 0 aromatic rings. The first kappa shape index (κ1) is 30.1. The van der Waals surface area contributed by atoms with Crippen molar-refractivity contribution in [2.24, 2.45) is 0 Å². The number of esters is 2. The topological polar surface area (TPSA) is 76.7 Å². The van der Waals surface area contributed by atoms with Crippen molar-refractivity contribution in [3.05, 3.63) is 0 Å². The van der Waals surface area contributed by atoms with Gasteiger partial charge in [-0.25, -0.2) is 0 Å². The molecule has 0 aromatic carbocycles. The van der Waals surface area contributed by atoms with Crippen LogP contribution in [0.15, 0.2) is 0 Å². The van der Waals surface area contributed by atoms with Gasteiger partial charge in [0.15, 0.2) is 0 Å². The van der Waals surface area contributed by atoms with Gasteiger partial charge in [0.05, 0.1) is 0 Å². The molecule has 0 atom stereocenters. The lowest BCUT2D eigenvalue weighted by Crippen LogP contribution is -2.59. The zero-order valence-corrected chi connectivity index (χ0v) is 24.0. The van der Waals surface area contributed by atoms with Gasteiger partial charge >= 0.3 is 11.9 Å². The third-order valence-electron chi connectivity index (χ3n) is 7.16. The maximum absolute atomic E-state index is 12.3. The maximum atomic E-state index is 12.3. The van der Waals surface area contributed by atoms with Gasteiger partial charge in [-0.2, -0.15) is 0 Å². The fraction of sp³-hybridized carbons (Fsp3) is 0.931. The number of carbonyl (C=O) groups is 2. The van der Waals surface area contributed by atoms with Crippen molar-refractivity contribution in [3.63, 3.8) is 0 Å². The Bertz CT molecular complexity index is 609. The van der Waals surface area contributed by atoms with Crippen LogP contribution >= 0.6 is 0 Å². The van der Waals surface area contributed by atoms with Gasteiger partial charge in [0.25, 0.3) is 0 Å². The van der Waals surface area contributed by atoms with E-state index in [0.717, 1.165) is 70.6 Å². The average molecular weight is 495 g/mol. The van der Waals surface area contributed by atoms with E-state index in [2.05, 4.69) is 66.0 Å². The van der Waals surface area contributed by atoms with Crippen LogP contribution in [-0.2, 0) is 19.1 Å². The van der Waals surface area contributed by atoms with Crippen LogP contribution in [0, 0.1) is 0 Å². The van der Waals surface area contributed by atoms with Gasteiger partial charge in [-0.1, -0.05) is 32.1 Å². The fourth-order valence-corrected chi connectivity index (χ4v) is 6.54. The van der Waals surface area contributed by atoms with E-state index in [1.807, 2.05) is 0 Å². The minimum atomic E-state index is -0.0532. The van der Waals surface area contributed by atoms with Gasteiger partial charge in [-0.3, -0.25) is 9.59 Å². The summed E-state index contributed by atoms with van der Waals surface area (Å²) in [6.07, 6.45) is 11.8. The van der Waals surface area contributed by atoms with E-state index < -0.39 is 0 Å². The second kappa shape index (κ2) is 12.4. The molecule has 0 aromatic heterocycles. The SMILES string of the molecule is CC1(C)CC(OC(=O)CCCCCCCCCC(=O)OC2CC(C)(C)NC(C)(C)C2)CC(C)(C)N1. The Morgan fingerprint density at radius 1 is 0.543 bits per heavy atom. The lowest BCUT2D eigenvalue weighted by atomic mass is 9.81. The molecule has 0 spiro atoms. The zero-order chi connectivity index (χ0) is 26.3. The number of carbonyl (C=O) groups excluding carboxylic acids is 2. The standard InChI is InChI=1S/C29H54N2O4/c1-26(2)18-22(19-27(3,4)30-26)34-24(32)16-14-12-10-9-11-13-15-17-25(33)35-23-20-28(5,6)31-29(7,8)21-23/h22-23,30-31H,9-21H2,1-8H3. The molecule has 0 saturated carbocycles. The van der Waals surface area contributed by atoms with Crippen molar-refractivity contribution in [1.29, 1.82) is 0 Å². The van der Waals surface area contributed by atoms with E-state index >= 15 is 0 Å². The molecule has 2 heterocycles. The number of rotatable bonds is 12. The number of piperidine rings is 2. The summed E-state index contributed by atoms with van der Waals surface area (Å²) >= 11 is 0. The molecule has 0 radical (unpaired) electrons. The van der Waals surface area contributed by atoms with Gasteiger partial charge in [-0.05, 0) is 68.2 Å². The van der Waals surface area contributed by atoms with Crippen LogP contribution in [0.25, 0.3) is 0 Å². The maximum Gasteiger partial charge on any atom is 0.306 e. The third kappa shape index (κ3) is 12.1. The normalized spacial score (nSPS) is 23.5. The first-order valence-corrected chi connectivity index (χ1v) is 14.0. The lowest BCUT2D eigenvalue weighted by molar-refractivity contribution is -0.154. The summed E-state index contributed by atoms with van der Waals surface area (Å²) in [5, 5.41) is 7.25. The molecule has 6 heteroatoms. The molecule has 0 aliphatic carbocycles. The Morgan fingerprint density at radius 3 is 1.09 bits per heavy atom. The molecule has 6 nitrogen and oxygen atoms in total. The Kier molecular flexibility index (Phi) is 10.7. The van der Waals surface area contributed by atoms with Gasteiger partial charge in [0.2, 0.25) is 0 Å². The summed E-state index contributed by atoms with van der Waals surface area (Å²) < 4.78 is 11.6. The molecule has 35 heavy (non-hydrogen) atoms. The van der Waals surface area contributed by atoms with Crippen LogP contribution in [-0.4, -0.2) is 46.3 Å². The Balaban J connectivity index is 1.48. The third-order valence-corrected chi connectivity index (χ3v) is 7.16. The molecule has 0 unspecified atom stereocenters. The highest BCUT2D eigenvalue weighted by molar-refractivity contribution is 5.69. The molecule has 2 N–H and O–H groups in total. The zero-order valence-electron chi connectivity index (χ0n) is 24.0. The van der Waals surface area contributed by atoms with Crippen molar-refractivity contribution in [2.45, 2.75) is 173 Å². The molecule has 0 bridgehead atoms. The Labute approximate surface area is 215 Å². The molecule has 2 fully saturated rings. The predicted molar refractivity (Wildman–Crippen MR) is 142 cm³/mol.